The number of aliphatic carboxylic acids is 1. The molecule has 3 heterocycles. The highest BCUT2D eigenvalue weighted by atomic mass is 32.2. The lowest BCUT2D eigenvalue weighted by atomic mass is 9.85. The summed E-state index contributed by atoms with van der Waals surface area (Å²) in [7, 11) is -2.45. The van der Waals surface area contributed by atoms with Crippen LogP contribution in [-0.4, -0.2) is 75.0 Å². The summed E-state index contributed by atoms with van der Waals surface area (Å²) in [6.07, 6.45) is 1.18. The van der Waals surface area contributed by atoms with E-state index in [1.165, 1.54) is 0 Å². The smallest absolute Gasteiger partial charge is 0.312 e. The molecule has 0 aliphatic carbocycles. The van der Waals surface area contributed by atoms with E-state index in [1.807, 2.05) is 36.4 Å². The Labute approximate surface area is 187 Å². The quantitative estimate of drug-likeness (QED) is 0.284. The zero-order valence-corrected chi connectivity index (χ0v) is 18.3. The van der Waals surface area contributed by atoms with E-state index in [2.05, 4.69) is 11.2 Å². The van der Waals surface area contributed by atoms with Gasteiger partial charge in [-0.05, 0) is 42.8 Å². The first-order valence-corrected chi connectivity index (χ1v) is 11.4. The maximum absolute atomic E-state index is 12.2. The van der Waals surface area contributed by atoms with Crippen LogP contribution in [0.15, 0.2) is 47.1 Å². The fourth-order valence-electron chi connectivity index (χ4n) is 4.84. The summed E-state index contributed by atoms with van der Waals surface area (Å²) < 4.78 is 34.6. The number of nitrogens with zero attached hydrogens (tertiary/aromatic N) is 1. The number of carboxylic acids is 1. The second kappa shape index (κ2) is 10.9. The van der Waals surface area contributed by atoms with E-state index in [9.17, 15) is 18.3 Å². The summed E-state index contributed by atoms with van der Waals surface area (Å²) in [5, 5.41) is 20.9. The summed E-state index contributed by atoms with van der Waals surface area (Å²) in [6, 6.07) is 11.1. The number of rotatable bonds is 5. The maximum atomic E-state index is 12.2. The molecule has 0 amide bonds. The molecule has 0 radical (unpaired) electrons. The summed E-state index contributed by atoms with van der Waals surface area (Å²) in [6.45, 7) is 2.93. The molecule has 2 fully saturated rings. The largest absolute Gasteiger partial charge is 0.481 e. The highest BCUT2D eigenvalue weighted by Crippen LogP contribution is 2.37. The Morgan fingerprint density at radius 1 is 1.16 bits per heavy atom. The van der Waals surface area contributed by atoms with E-state index in [-0.39, 0.29) is 6.61 Å². The Kier molecular flexibility index (Phi) is 8.18. The third-order valence-electron chi connectivity index (χ3n) is 6.18. The number of hydrogen-bond acceptors (Lipinski definition) is 8. The van der Waals surface area contributed by atoms with Crippen LogP contribution in [0.25, 0.3) is 11.3 Å². The highest BCUT2D eigenvalue weighted by Gasteiger charge is 2.53. The summed E-state index contributed by atoms with van der Waals surface area (Å²) >= 11 is 0. The fraction of sp³-hybridized carbons (Fsp3) is 0.429. The first-order valence-electron chi connectivity index (χ1n) is 10.3. The minimum absolute atomic E-state index is 0.224. The van der Waals surface area contributed by atoms with Crippen LogP contribution in [-0.2, 0) is 19.8 Å². The lowest BCUT2D eigenvalue weighted by Crippen LogP contribution is -2.72. The van der Waals surface area contributed by atoms with Gasteiger partial charge in [-0.3, -0.25) is 9.28 Å². The number of benzene rings is 1. The molecule has 4 rings (SSSR count). The molecule has 0 spiro atoms. The predicted molar refractivity (Wildman–Crippen MR) is 119 cm³/mol. The molecule has 174 valence electrons. The summed E-state index contributed by atoms with van der Waals surface area (Å²) in [5.41, 5.74) is 1.87. The normalized spacial score (nSPS) is 24.6. The monoisotopic (exact) mass is 466 g/mol. The van der Waals surface area contributed by atoms with Crippen molar-refractivity contribution >= 4 is 27.3 Å². The van der Waals surface area contributed by atoms with Gasteiger partial charge in [0.25, 0.3) is 0 Å². The number of piperazine rings is 1. The molecule has 0 bridgehead atoms. The third-order valence-corrected chi connectivity index (χ3v) is 6.67. The van der Waals surface area contributed by atoms with Crippen LogP contribution in [0.3, 0.4) is 0 Å². The number of furan rings is 1. The van der Waals surface area contributed by atoms with Gasteiger partial charge in [0.05, 0.1) is 24.7 Å². The van der Waals surface area contributed by atoms with E-state index < -0.39 is 34.3 Å². The summed E-state index contributed by atoms with van der Waals surface area (Å²) in [5.74, 6) is 2.64. The molecule has 1 aromatic heterocycles. The molecule has 2 saturated heterocycles. The van der Waals surface area contributed by atoms with Crippen LogP contribution >= 0.6 is 0 Å². The number of ether oxygens (including phenoxy) is 1. The number of carboxylic acid groups (broad SMARTS) is 1. The second-order valence-corrected chi connectivity index (χ2v) is 8.50. The average Bonchev–Trinajstić information content (AvgIpc) is 3.35. The van der Waals surface area contributed by atoms with Crippen LogP contribution < -0.4 is 15.7 Å². The first kappa shape index (κ1) is 24.1. The second-order valence-electron chi connectivity index (χ2n) is 7.71. The van der Waals surface area contributed by atoms with Crippen molar-refractivity contribution in [2.75, 3.05) is 32.8 Å². The zero-order chi connectivity index (χ0) is 23.1. The van der Waals surface area contributed by atoms with E-state index in [1.54, 1.807) is 6.26 Å². The molecular formula is C21H28N3O7S+. The SMILES string of the molecule is NO.O=C(O)C1CCOC(C=S(=O)=O)C1[N+]1(c2ccc(-c3ccco3)cc2)CCNCC1. The van der Waals surface area contributed by atoms with Gasteiger partial charge in [-0.2, -0.15) is 8.42 Å². The number of nitrogens with two attached hydrogens (primary N) is 1. The Bertz CT molecular complexity index is 1010. The van der Waals surface area contributed by atoms with Crippen LogP contribution in [0.2, 0.25) is 0 Å². The predicted octanol–water partition coefficient (Wildman–Crippen LogP) is 0.731. The van der Waals surface area contributed by atoms with Crippen molar-refractivity contribution in [3.63, 3.8) is 0 Å². The Morgan fingerprint density at radius 3 is 2.41 bits per heavy atom. The molecule has 10 nitrogen and oxygen atoms in total. The molecule has 0 saturated carbocycles. The zero-order valence-electron chi connectivity index (χ0n) is 17.5. The summed E-state index contributed by atoms with van der Waals surface area (Å²) in [4.78, 5) is 12.2. The molecule has 3 atom stereocenters. The Morgan fingerprint density at radius 2 is 1.84 bits per heavy atom. The van der Waals surface area contributed by atoms with E-state index in [0.717, 1.165) is 22.4 Å². The lowest BCUT2D eigenvalue weighted by molar-refractivity contribution is -0.151. The van der Waals surface area contributed by atoms with Crippen molar-refractivity contribution in [2.45, 2.75) is 18.6 Å². The van der Waals surface area contributed by atoms with Crippen molar-refractivity contribution < 1.29 is 32.7 Å². The minimum Gasteiger partial charge on any atom is -0.481 e. The highest BCUT2D eigenvalue weighted by molar-refractivity contribution is 7.71. The van der Waals surface area contributed by atoms with E-state index >= 15 is 0 Å². The molecule has 2 aliphatic rings. The minimum atomic E-state index is -2.45. The molecule has 1 aromatic carbocycles. The van der Waals surface area contributed by atoms with Gasteiger partial charge < -0.3 is 24.8 Å². The number of carbonyl (C=O) groups is 1. The van der Waals surface area contributed by atoms with Crippen molar-refractivity contribution in [3.8, 4) is 11.3 Å². The topological polar surface area (TPSA) is 152 Å². The Hall–Kier alpha value is -2.54. The van der Waals surface area contributed by atoms with Crippen LogP contribution in [0, 0.1) is 5.92 Å². The molecule has 32 heavy (non-hydrogen) atoms. The molecule has 3 unspecified atom stereocenters. The van der Waals surface area contributed by atoms with Crippen molar-refractivity contribution in [2.24, 2.45) is 11.8 Å². The standard InChI is InChI=1S/C21H24N2O6S.H3NO/c24-21(25)17-7-13-29-19(14-30(26)27)20(17)23(10-8-22-9-11-23)16-5-3-15(4-6-16)18-2-1-12-28-18;1-2/h1-6,12,14,17,19-20,22H,7-11,13H2;2H,1H2/p+1. The third kappa shape index (κ3) is 4.93. The van der Waals surface area contributed by atoms with Gasteiger partial charge in [-0.25, -0.2) is 5.90 Å². The molecule has 2 aromatic rings. The van der Waals surface area contributed by atoms with Gasteiger partial charge in [-0.15, -0.1) is 0 Å². The first-order chi connectivity index (χ1) is 15.5. The van der Waals surface area contributed by atoms with Crippen LogP contribution in [0.4, 0.5) is 5.69 Å². The van der Waals surface area contributed by atoms with Crippen LogP contribution in [0.5, 0.6) is 0 Å². The lowest BCUT2D eigenvalue weighted by Gasteiger charge is -2.51. The van der Waals surface area contributed by atoms with Gasteiger partial charge in [-0.1, -0.05) is 0 Å². The van der Waals surface area contributed by atoms with E-state index in [4.69, 9.17) is 14.4 Å². The molecule has 5 N–H and O–H groups in total. The molecule has 2 aliphatic heterocycles. The van der Waals surface area contributed by atoms with Crippen LogP contribution in [0.1, 0.15) is 6.42 Å². The van der Waals surface area contributed by atoms with Gasteiger partial charge in [0.1, 0.15) is 29.5 Å². The van der Waals surface area contributed by atoms with Gasteiger partial charge in [0, 0.05) is 25.3 Å². The molecular weight excluding hydrogens is 438 g/mol. The Balaban J connectivity index is 0.00000141. The van der Waals surface area contributed by atoms with Gasteiger partial charge >= 0.3 is 5.97 Å². The number of hydrogen-bond donors (Lipinski definition) is 4. The van der Waals surface area contributed by atoms with Crippen molar-refractivity contribution in [1.29, 1.82) is 0 Å². The maximum Gasteiger partial charge on any atom is 0.312 e. The van der Waals surface area contributed by atoms with Crippen molar-refractivity contribution in [3.05, 3.63) is 42.7 Å². The number of nitrogens with one attached hydrogen (secondary N) is 1. The average molecular weight is 467 g/mol. The fourth-order valence-corrected chi connectivity index (χ4v) is 5.30. The van der Waals surface area contributed by atoms with Gasteiger partial charge in [0.15, 0.2) is 0 Å². The van der Waals surface area contributed by atoms with Crippen molar-refractivity contribution in [1.82, 2.24) is 9.80 Å². The molecule has 11 heteroatoms. The number of quaternary nitrogens is 1. The van der Waals surface area contributed by atoms with Gasteiger partial charge in [0.2, 0.25) is 10.3 Å². The van der Waals surface area contributed by atoms with E-state index in [0.29, 0.717) is 37.1 Å².